The van der Waals surface area contributed by atoms with Crippen LogP contribution in [-0.2, 0) is 19.4 Å². The third-order valence-corrected chi connectivity index (χ3v) is 4.60. The van der Waals surface area contributed by atoms with E-state index in [1.165, 1.54) is 12.1 Å². The maximum Gasteiger partial charge on any atom is 0.123 e. The van der Waals surface area contributed by atoms with Crippen molar-refractivity contribution in [3.05, 3.63) is 51.0 Å². The standard InChI is InChI=1S/C16H20BrFN2O/c1-4-13-16(17)14(20(5-2)19-13)9-15(21)12-8-11(18)7-6-10(12)3/h6-8,15,21H,4-5,9H2,1-3H3. The Hall–Kier alpha value is -1.20. The first-order valence-corrected chi connectivity index (χ1v) is 7.95. The molecule has 0 aliphatic carbocycles. The van der Waals surface area contributed by atoms with Crippen LogP contribution in [0.5, 0.6) is 0 Å². The van der Waals surface area contributed by atoms with Crippen molar-refractivity contribution in [1.82, 2.24) is 9.78 Å². The maximum atomic E-state index is 13.4. The monoisotopic (exact) mass is 354 g/mol. The van der Waals surface area contributed by atoms with Crippen LogP contribution >= 0.6 is 15.9 Å². The highest BCUT2D eigenvalue weighted by molar-refractivity contribution is 9.10. The second kappa shape index (κ2) is 6.71. The van der Waals surface area contributed by atoms with Gasteiger partial charge in [0.15, 0.2) is 0 Å². The van der Waals surface area contributed by atoms with E-state index < -0.39 is 6.10 Å². The molecule has 1 aromatic heterocycles. The number of nitrogens with zero attached hydrogens (tertiary/aromatic N) is 2. The molecule has 0 radical (unpaired) electrons. The lowest BCUT2D eigenvalue weighted by Gasteiger charge is -2.15. The molecule has 0 bridgehead atoms. The van der Waals surface area contributed by atoms with Crippen LogP contribution in [-0.4, -0.2) is 14.9 Å². The smallest absolute Gasteiger partial charge is 0.123 e. The first kappa shape index (κ1) is 16.2. The lowest BCUT2D eigenvalue weighted by atomic mass is 9.99. The van der Waals surface area contributed by atoms with E-state index in [4.69, 9.17) is 0 Å². The molecular formula is C16H20BrFN2O. The van der Waals surface area contributed by atoms with Gasteiger partial charge in [0.2, 0.25) is 0 Å². The average molecular weight is 355 g/mol. The lowest BCUT2D eigenvalue weighted by Crippen LogP contribution is -2.10. The summed E-state index contributed by atoms with van der Waals surface area (Å²) in [5.74, 6) is -0.327. The quantitative estimate of drug-likeness (QED) is 0.882. The van der Waals surface area contributed by atoms with Crippen LogP contribution in [0.4, 0.5) is 4.39 Å². The van der Waals surface area contributed by atoms with Crippen molar-refractivity contribution in [3.8, 4) is 0 Å². The first-order valence-electron chi connectivity index (χ1n) is 7.16. The summed E-state index contributed by atoms with van der Waals surface area (Å²) in [5.41, 5.74) is 3.45. The Balaban J connectivity index is 2.33. The molecule has 21 heavy (non-hydrogen) atoms. The van der Waals surface area contributed by atoms with Gasteiger partial charge < -0.3 is 5.11 Å². The van der Waals surface area contributed by atoms with Crippen LogP contribution in [0.3, 0.4) is 0 Å². The summed E-state index contributed by atoms with van der Waals surface area (Å²) in [7, 11) is 0. The van der Waals surface area contributed by atoms with Crippen LogP contribution in [0.1, 0.15) is 42.5 Å². The molecule has 2 rings (SSSR count). The summed E-state index contributed by atoms with van der Waals surface area (Å²) in [6.07, 6.45) is 0.491. The Morgan fingerprint density at radius 1 is 1.38 bits per heavy atom. The minimum atomic E-state index is -0.747. The van der Waals surface area contributed by atoms with E-state index in [2.05, 4.69) is 21.0 Å². The Bertz CT molecular complexity index is 639. The molecule has 1 unspecified atom stereocenters. The van der Waals surface area contributed by atoms with Crippen molar-refractivity contribution in [2.24, 2.45) is 0 Å². The molecule has 0 aliphatic heterocycles. The fraction of sp³-hybridized carbons (Fsp3) is 0.438. The number of aliphatic hydroxyl groups excluding tert-OH is 1. The number of hydrogen-bond donors (Lipinski definition) is 1. The molecule has 0 saturated carbocycles. The summed E-state index contributed by atoms with van der Waals surface area (Å²) in [5, 5.41) is 15.0. The molecule has 1 aromatic carbocycles. The van der Waals surface area contributed by atoms with Crippen molar-refractivity contribution in [1.29, 1.82) is 0 Å². The Morgan fingerprint density at radius 3 is 2.71 bits per heavy atom. The van der Waals surface area contributed by atoms with Gasteiger partial charge in [-0.3, -0.25) is 4.68 Å². The van der Waals surface area contributed by atoms with E-state index in [-0.39, 0.29) is 5.82 Å². The molecule has 1 atom stereocenters. The summed E-state index contributed by atoms with van der Waals surface area (Å²) in [4.78, 5) is 0. The molecule has 5 heteroatoms. The largest absolute Gasteiger partial charge is 0.388 e. The summed E-state index contributed by atoms with van der Waals surface area (Å²) in [6.45, 7) is 6.68. The number of benzene rings is 1. The van der Waals surface area contributed by atoms with Crippen LogP contribution in [0.15, 0.2) is 22.7 Å². The van der Waals surface area contributed by atoms with Gasteiger partial charge in [-0.05, 0) is 59.5 Å². The van der Waals surface area contributed by atoms with Crippen molar-refractivity contribution in [2.75, 3.05) is 0 Å². The molecule has 1 heterocycles. The molecule has 2 aromatic rings. The van der Waals surface area contributed by atoms with Crippen LogP contribution < -0.4 is 0 Å². The summed E-state index contributed by atoms with van der Waals surface area (Å²) >= 11 is 3.57. The van der Waals surface area contributed by atoms with Crippen molar-refractivity contribution in [2.45, 2.75) is 46.3 Å². The van der Waals surface area contributed by atoms with E-state index in [1.54, 1.807) is 6.07 Å². The van der Waals surface area contributed by atoms with Crippen LogP contribution in [0, 0.1) is 12.7 Å². The van der Waals surface area contributed by atoms with Crippen molar-refractivity contribution >= 4 is 15.9 Å². The van der Waals surface area contributed by atoms with Gasteiger partial charge in [0.05, 0.1) is 22.0 Å². The fourth-order valence-corrected chi connectivity index (χ4v) is 3.20. The van der Waals surface area contributed by atoms with Gasteiger partial charge in [-0.25, -0.2) is 4.39 Å². The molecule has 0 spiro atoms. The van der Waals surface area contributed by atoms with Crippen LogP contribution in [0.2, 0.25) is 0 Å². The zero-order valence-corrected chi connectivity index (χ0v) is 14.1. The normalized spacial score (nSPS) is 12.7. The third-order valence-electron chi connectivity index (χ3n) is 3.68. The Morgan fingerprint density at radius 2 is 2.10 bits per heavy atom. The minimum absolute atomic E-state index is 0.327. The van der Waals surface area contributed by atoms with E-state index in [9.17, 15) is 9.50 Å². The second-order valence-corrected chi connectivity index (χ2v) is 5.89. The zero-order chi connectivity index (χ0) is 15.6. The highest BCUT2D eigenvalue weighted by atomic mass is 79.9. The maximum absolute atomic E-state index is 13.4. The summed E-state index contributed by atoms with van der Waals surface area (Å²) in [6, 6.07) is 4.51. The van der Waals surface area contributed by atoms with Gasteiger partial charge in [0.1, 0.15) is 5.82 Å². The molecular weight excluding hydrogens is 335 g/mol. The second-order valence-electron chi connectivity index (χ2n) is 5.10. The Kier molecular flexibility index (Phi) is 5.17. The van der Waals surface area contributed by atoms with E-state index in [1.807, 2.05) is 25.5 Å². The lowest BCUT2D eigenvalue weighted by molar-refractivity contribution is 0.174. The molecule has 0 aliphatic rings. The number of hydrogen-bond acceptors (Lipinski definition) is 2. The molecule has 0 amide bonds. The predicted molar refractivity (Wildman–Crippen MR) is 84.8 cm³/mol. The number of halogens is 2. The highest BCUT2D eigenvalue weighted by Crippen LogP contribution is 2.28. The minimum Gasteiger partial charge on any atom is -0.388 e. The predicted octanol–water partition coefficient (Wildman–Crippen LogP) is 3.95. The van der Waals surface area contributed by atoms with Gasteiger partial charge in [0, 0.05) is 13.0 Å². The fourth-order valence-electron chi connectivity index (χ4n) is 2.48. The number of aliphatic hydroxyl groups is 1. The SMILES string of the molecule is CCc1nn(CC)c(CC(O)c2cc(F)ccc2C)c1Br. The van der Waals surface area contributed by atoms with E-state index in [0.29, 0.717) is 12.0 Å². The van der Waals surface area contributed by atoms with Gasteiger partial charge in [-0.2, -0.15) is 5.10 Å². The topological polar surface area (TPSA) is 38.0 Å². The molecule has 114 valence electrons. The van der Waals surface area contributed by atoms with Crippen LogP contribution in [0.25, 0.3) is 0 Å². The number of rotatable bonds is 5. The van der Waals surface area contributed by atoms with Gasteiger partial charge in [-0.15, -0.1) is 0 Å². The molecule has 3 nitrogen and oxygen atoms in total. The van der Waals surface area contributed by atoms with Gasteiger partial charge >= 0.3 is 0 Å². The average Bonchev–Trinajstić information content (AvgIpc) is 2.77. The van der Waals surface area contributed by atoms with Gasteiger partial charge in [0.25, 0.3) is 0 Å². The van der Waals surface area contributed by atoms with Gasteiger partial charge in [-0.1, -0.05) is 13.0 Å². The zero-order valence-electron chi connectivity index (χ0n) is 12.5. The van der Waals surface area contributed by atoms with Crippen molar-refractivity contribution < 1.29 is 9.50 Å². The summed E-state index contributed by atoms with van der Waals surface area (Å²) < 4.78 is 16.2. The molecule has 0 saturated heterocycles. The molecule has 0 fully saturated rings. The number of aromatic nitrogens is 2. The third kappa shape index (κ3) is 3.35. The van der Waals surface area contributed by atoms with E-state index in [0.717, 1.165) is 34.4 Å². The van der Waals surface area contributed by atoms with Crippen molar-refractivity contribution in [3.63, 3.8) is 0 Å². The highest BCUT2D eigenvalue weighted by Gasteiger charge is 2.19. The first-order chi connectivity index (χ1) is 9.97. The number of aryl methyl sites for hydroxylation is 3. The van der Waals surface area contributed by atoms with E-state index >= 15 is 0 Å². The molecule has 1 N–H and O–H groups in total. The Labute approximate surface area is 132 Å².